The second-order valence-electron chi connectivity index (χ2n) is 6.78. The molecule has 142 valence electrons. The van der Waals surface area contributed by atoms with E-state index in [1.807, 2.05) is 13.0 Å². The Hall–Kier alpha value is -1.18. The number of carbonyl (C=O) groups is 2. The van der Waals surface area contributed by atoms with E-state index in [0.29, 0.717) is 12.4 Å². The summed E-state index contributed by atoms with van der Waals surface area (Å²) in [4.78, 5) is 26.5. The molecular formula is C18H31NO5Si. The van der Waals surface area contributed by atoms with E-state index in [1.54, 1.807) is 7.11 Å². The molecule has 2 amide bonds. The van der Waals surface area contributed by atoms with Gasteiger partial charge in [-0.3, -0.25) is 14.5 Å². The fourth-order valence-electron chi connectivity index (χ4n) is 3.98. The van der Waals surface area contributed by atoms with Crippen LogP contribution >= 0.6 is 0 Å². The van der Waals surface area contributed by atoms with Crippen molar-refractivity contribution in [2.24, 2.45) is 11.8 Å². The van der Waals surface area contributed by atoms with Crippen LogP contribution in [0.25, 0.3) is 0 Å². The molecule has 1 aliphatic heterocycles. The van der Waals surface area contributed by atoms with E-state index in [1.165, 1.54) is 11.9 Å². The third-order valence-corrected chi connectivity index (χ3v) is 10.3. The zero-order valence-electron chi connectivity index (χ0n) is 16.2. The summed E-state index contributed by atoms with van der Waals surface area (Å²) in [7, 11) is 1.17. The fraction of sp³-hybridized carbons (Fsp3) is 0.778. The summed E-state index contributed by atoms with van der Waals surface area (Å²) in [6.45, 7) is 8.83. The Morgan fingerprint density at radius 3 is 2.08 bits per heavy atom. The quantitative estimate of drug-likeness (QED) is 0.486. The van der Waals surface area contributed by atoms with Gasteiger partial charge in [0, 0.05) is 20.8 Å². The normalized spacial score (nSPS) is 29.7. The van der Waals surface area contributed by atoms with Crippen LogP contribution in [0, 0.1) is 11.8 Å². The predicted molar refractivity (Wildman–Crippen MR) is 97.3 cm³/mol. The van der Waals surface area contributed by atoms with Gasteiger partial charge in [-0.2, -0.15) is 0 Å². The van der Waals surface area contributed by atoms with Crippen molar-refractivity contribution in [3.63, 3.8) is 0 Å². The average molecular weight is 370 g/mol. The lowest BCUT2D eigenvalue weighted by Crippen LogP contribution is -2.47. The number of nitrogens with zero attached hydrogens (tertiary/aromatic N) is 1. The van der Waals surface area contributed by atoms with Crippen LogP contribution in [0.4, 0.5) is 0 Å². The second-order valence-corrected chi connectivity index (χ2v) is 11.5. The Morgan fingerprint density at radius 1 is 1.04 bits per heavy atom. The first-order chi connectivity index (χ1) is 11.9. The number of ether oxygens (including phenoxy) is 2. The van der Waals surface area contributed by atoms with Crippen molar-refractivity contribution in [3.05, 3.63) is 11.8 Å². The smallest absolute Gasteiger partial charge is 0.250 e. The standard InChI is InChI=1S/C18H31NO5Si/c1-7-23-12-11-13(24-25(8-2,9-3)10-4)16(22-6)15-14(12)17(20)19(5)18(15)21/h11-12,14-16H,7-10H2,1-6H3/t12-,14-,15-,16+/m0/s1. The van der Waals surface area contributed by atoms with Crippen LogP contribution in [0.3, 0.4) is 0 Å². The lowest BCUT2D eigenvalue weighted by molar-refractivity contribution is -0.139. The van der Waals surface area contributed by atoms with E-state index < -0.39 is 32.4 Å². The van der Waals surface area contributed by atoms with Gasteiger partial charge in [-0.05, 0) is 31.1 Å². The molecule has 0 radical (unpaired) electrons. The molecule has 2 aliphatic rings. The summed E-state index contributed by atoms with van der Waals surface area (Å²) in [6, 6.07) is 2.98. The van der Waals surface area contributed by atoms with Crippen LogP contribution in [0.2, 0.25) is 18.1 Å². The average Bonchev–Trinajstić information content (AvgIpc) is 2.85. The van der Waals surface area contributed by atoms with E-state index in [4.69, 9.17) is 13.9 Å². The maximum absolute atomic E-state index is 12.7. The summed E-state index contributed by atoms with van der Waals surface area (Å²) in [6.07, 6.45) is 0.904. The Kier molecular flexibility index (Phi) is 6.45. The lowest BCUT2D eigenvalue weighted by Gasteiger charge is -2.39. The Labute approximate surface area is 151 Å². The molecular weight excluding hydrogens is 338 g/mol. The minimum Gasteiger partial charge on any atom is -0.545 e. The van der Waals surface area contributed by atoms with Crippen molar-refractivity contribution in [3.8, 4) is 0 Å². The second kappa shape index (κ2) is 8.01. The van der Waals surface area contributed by atoms with Gasteiger partial charge in [-0.25, -0.2) is 0 Å². The molecule has 0 unspecified atom stereocenters. The predicted octanol–water partition coefficient (Wildman–Crippen LogP) is 2.56. The molecule has 2 rings (SSSR count). The van der Waals surface area contributed by atoms with E-state index in [2.05, 4.69) is 20.8 Å². The molecule has 1 aliphatic carbocycles. The summed E-state index contributed by atoms with van der Waals surface area (Å²) in [5.41, 5.74) is 0. The van der Waals surface area contributed by atoms with Gasteiger partial charge in [-0.15, -0.1) is 0 Å². The highest BCUT2D eigenvalue weighted by molar-refractivity contribution is 6.73. The van der Waals surface area contributed by atoms with Crippen molar-refractivity contribution >= 4 is 20.1 Å². The molecule has 1 saturated heterocycles. The maximum Gasteiger partial charge on any atom is 0.250 e. The molecule has 0 aromatic heterocycles. The lowest BCUT2D eigenvalue weighted by atomic mass is 9.80. The van der Waals surface area contributed by atoms with Crippen LogP contribution in [-0.2, 0) is 23.5 Å². The van der Waals surface area contributed by atoms with Crippen molar-refractivity contribution in [1.82, 2.24) is 4.90 Å². The zero-order valence-corrected chi connectivity index (χ0v) is 17.2. The SMILES string of the molecule is CCO[C@H]1C=C(O[Si](CC)(CC)CC)[C@@H](OC)[C@H]2C(=O)N(C)C(=O)[C@H]21. The molecule has 6 nitrogen and oxygen atoms in total. The largest absolute Gasteiger partial charge is 0.545 e. The topological polar surface area (TPSA) is 65.1 Å². The van der Waals surface area contributed by atoms with Crippen molar-refractivity contribution in [1.29, 1.82) is 0 Å². The molecule has 1 heterocycles. The number of methoxy groups -OCH3 is 1. The molecule has 25 heavy (non-hydrogen) atoms. The molecule has 7 heteroatoms. The highest BCUT2D eigenvalue weighted by Crippen LogP contribution is 2.42. The van der Waals surface area contributed by atoms with Gasteiger partial charge in [0.05, 0.1) is 17.9 Å². The number of hydrogen-bond donors (Lipinski definition) is 0. The van der Waals surface area contributed by atoms with Crippen LogP contribution in [0.1, 0.15) is 27.7 Å². The minimum absolute atomic E-state index is 0.198. The van der Waals surface area contributed by atoms with E-state index in [0.717, 1.165) is 18.1 Å². The molecule has 0 bridgehead atoms. The number of rotatable bonds is 8. The first-order valence-electron chi connectivity index (χ1n) is 9.26. The van der Waals surface area contributed by atoms with E-state index in [-0.39, 0.29) is 11.8 Å². The van der Waals surface area contributed by atoms with Gasteiger partial charge in [0.2, 0.25) is 20.1 Å². The van der Waals surface area contributed by atoms with Gasteiger partial charge in [0.15, 0.2) is 0 Å². The third kappa shape index (κ3) is 3.41. The first-order valence-corrected chi connectivity index (χ1v) is 11.8. The maximum atomic E-state index is 12.7. The Morgan fingerprint density at radius 2 is 1.60 bits per heavy atom. The number of fused-ring (bicyclic) bond motifs is 1. The number of likely N-dealkylation sites (tertiary alicyclic amines) is 1. The molecule has 0 N–H and O–H groups in total. The van der Waals surface area contributed by atoms with Crippen LogP contribution < -0.4 is 0 Å². The molecule has 0 aromatic carbocycles. The summed E-state index contributed by atoms with van der Waals surface area (Å²) in [5.74, 6) is -0.837. The summed E-state index contributed by atoms with van der Waals surface area (Å²) < 4.78 is 18.0. The first kappa shape index (κ1) is 20.1. The number of imide groups is 1. The molecule has 0 spiro atoms. The fourth-order valence-corrected chi connectivity index (χ4v) is 6.60. The summed E-state index contributed by atoms with van der Waals surface area (Å²) in [5, 5.41) is 0. The number of hydrogen-bond acceptors (Lipinski definition) is 5. The van der Waals surface area contributed by atoms with Gasteiger partial charge in [0.25, 0.3) is 0 Å². The monoisotopic (exact) mass is 369 g/mol. The highest BCUT2D eigenvalue weighted by atomic mass is 28.4. The Bertz CT molecular complexity index is 537. The van der Waals surface area contributed by atoms with Crippen molar-refractivity contribution < 1.29 is 23.5 Å². The van der Waals surface area contributed by atoms with Crippen LogP contribution in [0.5, 0.6) is 0 Å². The summed E-state index contributed by atoms with van der Waals surface area (Å²) >= 11 is 0. The minimum atomic E-state index is -1.93. The Balaban J connectivity index is 2.45. The van der Waals surface area contributed by atoms with Gasteiger partial charge < -0.3 is 13.9 Å². The van der Waals surface area contributed by atoms with Crippen molar-refractivity contribution in [2.75, 3.05) is 20.8 Å². The van der Waals surface area contributed by atoms with Gasteiger partial charge >= 0.3 is 0 Å². The molecule has 0 saturated carbocycles. The van der Waals surface area contributed by atoms with Crippen LogP contribution in [-0.4, -0.2) is 58.0 Å². The highest BCUT2D eigenvalue weighted by Gasteiger charge is 2.57. The molecule has 1 fully saturated rings. The number of carbonyl (C=O) groups excluding carboxylic acids is 2. The van der Waals surface area contributed by atoms with Gasteiger partial charge in [0.1, 0.15) is 11.9 Å². The zero-order chi connectivity index (χ0) is 18.8. The van der Waals surface area contributed by atoms with Crippen molar-refractivity contribution in [2.45, 2.75) is 58.0 Å². The van der Waals surface area contributed by atoms with Crippen LogP contribution in [0.15, 0.2) is 11.8 Å². The van der Waals surface area contributed by atoms with Gasteiger partial charge in [-0.1, -0.05) is 20.8 Å². The number of amides is 2. The molecule has 4 atom stereocenters. The third-order valence-electron chi connectivity index (χ3n) is 5.79. The molecule has 0 aromatic rings. The van der Waals surface area contributed by atoms with E-state index >= 15 is 0 Å². The van der Waals surface area contributed by atoms with E-state index in [9.17, 15) is 9.59 Å².